The summed E-state index contributed by atoms with van der Waals surface area (Å²) in [5.41, 5.74) is 1.59. The first-order valence-electron chi connectivity index (χ1n) is 6.26. The molecule has 0 atom stereocenters. The summed E-state index contributed by atoms with van der Waals surface area (Å²) < 4.78 is 10.3. The van der Waals surface area contributed by atoms with Crippen LogP contribution in [-0.2, 0) is 0 Å². The number of hydrogen-bond donors (Lipinski definition) is 1. The first-order valence-corrected chi connectivity index (χ1v) is 6.26. The Hall–Kier alpha value is -2.82. The van der Waals surface area contributed by atoms with E-state index in [0.29, 0.717) is 28.3 Å². The minimum absolute atomic E-state index is 0.264. The number of ether oxygens (including phenoxy) is 2. The molecule has 5 nitrogen and oxygen atoms in total. The molecule has 0 bridgehead atoms. The van der Waals surface area contributed by atoms with Crippen molar-refractivity contribution in [2.75, 3.05) is 19.5 Å². The van der Waals surface area contributed by atoms with Crippen LogP contribution in [0.15, 0.2) is 42.5 Å². The van der Waals surface area contributed by atoms with Gasteiger partial charge in [-0.3, -0.25) is 9.59 Å². The van der Waals surface area contributed by atoms with Crippen molar-refractivity contribution in [3.8, 4) is 11.5 Å². The first-order chi connectivity index (χ1) is 10.2. The molecule has 0 saturated heterocycles. The third kappa shape index (κ3) is 3.39. The SMILES string of the molecule is COc1ccc(NC(=O)c2ccc(C=O)cc2)cc1OC. The summed E-state index contributed by atoms with van der Waals surface area (Å²) in [4.78, 5) is 22.7. The van der Waals surface area contributed by atoms with E-state index in [9.17, 15) is 9.59 Å². The van der Waals surface area contributed by atoms with Gasteiger partial charge >= 0.3 is 0 Å². The van der Waals surface area contributed by atoms with Gasteiger partial charge in [0.1, 0.15) is 6.29 Å². The van der Waals surface area contributed by atoms with Gasteiger partial charge in [0.15, 0.2) is 11.5 Å². The molecule has 21 heavy (non-hydrogen) atoms. The number of nitrogens with one attached hydrogen (secondary N) is 1. The van der Waals surface area contributed by atoms with E-state index in [4.69, 9.17) is 9.47 Å². The van der Waals surface area contributed by atoms with E-state index < -0.39 is 0 Å². The van der Waals surface area contributed by atoms with Crippen molar-refractivity contribution in [1.82, 2.24) is 0 Å². The number of carbonyl (C=O) groups excluding carboxylic acids is 2. The number of hydrogen-bond acceptors (Lipinski definition) is 4. The zero-order valence-corrected chi connectivity index (χ0v) is 11.8. The van der Waals surface area contributed by atoms with Crippen LogP contribution >= 0.6 is 0 Å². The highest BCUT2D eigenvalue weighted by Crippen LogP contribution is 2.29. The van der Waals surface area contributed by atoms with Crippen molar-refractivity contribution in [1.29, 1.82) is 0 Å². The van der Waals surface area contributed by atoms with Gasteiger partial charge in [0.25, 0.3) is 5.91 Å². The molecule has 0 radical (unpaired) electrons. The molecule has 0 spiro atoms. The lowest BCUT2D eigenvalue weighted by molar-refractivity contribution is 0.102. The molecule has 5 heteroatoms. The largest absolute Gasteiger partial charge is 0.493 e. The molecule has 2 aromatic carbocycles. The Kier molecular flexibility index (Phi) is 4.56. The maximum Gasteiger partial charge on any atom is 0.255 e. The Balaban J connectivity index is 2.16. The van der Waals surface area contributed by atoms with Gasteiger partial charge in [-0.2, -0.15) is 0 Å². The molecule has 0 unspecified atom stereocenters. The summed E-state index contributed by atoms with van der Waals surface area (Å²) in [5, 5.41) is 2.76. The minimum atomic E-state index is -0.264. The topological polar surface area (TPSA) is 64.6 Å². The van der Waals surface area contributed by atoms with Crippen LogP contribution in [0, 0.1) is 0 Å². The van der Waals surface area contributed by atoms with Gasteiger partial charge in [0.05, 0.1) is 14.2 Å². The van der Waals surface area contributed by atoms with E-state index in [0.717, 1.165) is 6.29 Å². The lowest BCUT2D eigenvalue weighted by Gasteiger charge is -2.10. The summed E-state index contributed by atoms with van der Waals surface area (Å²) in [6.07, 6.45) is 0.732. The number of methoxy groups -OCH3 is 2. The van der Waals surface area contributed by atoms with E-state index in [-0.39, 0.29) is 5.91 Å². The van der Waals surface area contributed by atoms with Gasteiger partial charge < -0.3 is 14.8 Å². The van der Waals surface area contributed by atoms with Crippen LogP contribution in [0.2, 0.25) is 0 Å². The van der Waals surface area contributed by atoms with Crippen LogP contribution < -0.4 is 14.8 Å². The molecule has 0 aliphatic carbocycles. The van der Waals surface area contributed by atoms with Crippen LogP contribution in [-0.4, -0.2) is 26.4 Å². The molecule has 1 N–H and O–H groups in total. The van der Waals surface area contributed by atoms with E-state index >= 15 is 0 Å². The smallest absolute Gasteiger partial charge is 0.255 e. The molecular formula is C16H15NO4. The Bertz CT molecular complexity index is 650. The van der Waals surface area contributed by atoms with Crippen molar-refractivity contribution in [3.63, 3.8) is 0 Å². The summed E-state index contributed by atoms with van der Waals surface area (Å²) in [5.74, 6) is 0.858. The van der Waals surface area contributed by atoms with E-state index in [1.807, 2.05) is 0 Å². The predicted molar refractivity (Wildman–Crippen MR) is 79.3 cm³/mol. The summed E-state index contributed by atoms with van der Waals surface area (Å²) in [6.45, 7) is 0. The Labute approximate surface area is 122 Å². The van der Waals surface area contributed by atoms with E-state index in [1.165, 1.54) is 7.11 Å². The van der Waals surface area contributed by atoms with Crippen LogP contribution in [0.5, 0.6) is 11.5 Å². The molecule has 108 valence electrons. The highest BCUT2D eigenvalue weighted by molar-refractivity contribution is 6.04. The summed E-state index contributed by atoms with van der Waals surface area (Å²) in [7, 11) is 3.08. The Morgan fingerprint density at radius 2 is 1.67 bits per heavy atom. The lowest BCUT2D eigenvalue weighted by Crippen LogP contribution is -2.12. The number of benzene rings is 2. The Morgan fingerprint density at radius 1 is 1.00 bits per heavy atom. The number of rotatable bonds is 5. The molecule has 0 fully saturated rings. The van der Waals surface area contributed by atoms with E-state index in [2.05, 4.69) is 5.32 Å². The fraction of sp³-hybridized carbons (Fsp3) is 0.125. The summed E-state index contributed by atoms with van der Waals surface area (Å²) >= 11 is 0. The second kappa shape index (κ2) is 6.56. The zero-order valence-electron chi connectivity index (χ0n) is 11.8. The van der Waals surface area contributed by atoms with Crippen LogP contribution in [0.1, 0.15) is 20.7 Å². The van der Waals surface area contributed by atoms with Crippen molar-refractivity contribution < 1.29 is 19.1 Å². The highest BCUT2D eigenvalue weighted by Gasteiger charge is 2.09. The summed E-state index contributed by atoms with van der Waals surface area (Å²) in [6, 6.07) is 11.5. The van der Waals surface area contributed by atoms with Gasteiger partial charge in [0.2, 0.25) is 0 Å². The van der Waals surface area contributed by atoms with Crippen molar-refractivity contribution in [2.24, 2.45) is 0 Å². The molecule has 2 aromatic rings. The normalized spacial score (nSPS) is 9.81. The third-order valence-corrected chi connectivity index (χ3v) is 2.95. The second-order valence-electron chi connectivity index (χ2n) is 4.26. The van der Waals surface area contributed by atoms with Gasteiger partial charge in [-0.15, -0.1) is 0 Å². The fourth-order valence-corrected chi connectivity index (χ4v) is 1.83. The van der Waals surface area contributed by atoms with Crippen LogP contribution in [0.4, 0.5) is 5.69 Å². The standard InChI is InChI=1S/C16H15NO4/c1-20-14-8-7-13(9-15(14)21-2)17-16(19)12-5-3-11(10-18)4-6-12/h3-10H,1-2H3,(H,17,19). The molecule has 1 amide bonds. The van der Waals surface area contributed by atoms with Crippen LogP contribution in [0.3, 0.4) is 0 Å². The molecule has 0 heterocycles. The third-order valence-electron chi connectivity index (χ3n) is 2.95. The average Bonchev–Trinajstić information content (AvgIpc) is 2.54. The molecular weight excluding hydrogens is 270 g/mol. The number of amides is 1. The predicted octanol–water partition coefficient (Wildman–Crippen LogP) is 2.77. The second-order valence-corrected chi connectivity index (χ2v) is 4.26. The maximum atomic E-state index is 12.1. The van der Waals surface area contributed by atoms with Crippen molar-refractivity contribution in [3.05, 3.63) is 53.6 Å². The molecule has 0 aliphatic heterocycles. The van der Waals surface area contributed by atoms with Gasteiger partial charge in [0, 0.05) is 22.9 Å². The number of anilines is 1. The van der Waals surface area contributed by atoms with Crippen LogP contribution in [0.25, 0.3) is 0 Å². The zero-order chi connectivity index (χ0) is 15.2. The molecule has 0 aliphatic rings. The molecule has 2 rings (SSSR count). The highest BCUT2D eigenvalue weighted by atomic mass is 16.5. The lowest BCUT2D eigenvalue weighted by atomic mass is 10.1. The van der Waals surface area contributed by atoms with Crippen molar-refractivity contribution in [2.45, 2.75) is 0 Å². The molecule has 0 aromatic heterocycles. The number of aldehydes is 1. The quantitative estimate of drug-likeness (QED) is 0.858. The van der Waals surface area contributed by atoms with Gasteiger partial charge in [-0.25, -0.2) is 0 Å². The average molecular weight is 285 g/mol. The van der Waals surface area contributed by atoms with Gasteiger partial charge in [-0.05, 0) is 24.3 Å². The first kappa shape index (κ1) is 14.6. The molecule has 0 saturated carbocycles. The van der Waals surface area contributed by atoms with Crippen molar-refractivity contribution >= 4 is 17.9 Å². The monoisotopic (exact) mass is 285 g/mol. The van der Waals surface area contributed by atoms with E-state index in [1.54, 1.807) is 49.6 Å². The fourth-order valence-electron chi connectivity index (χ4n) is 1.83. The van der Waals surface area contributed by atoms with Gasteiger partial charge in [-0.1, -0.05) is 12.1 Å². The Morgan fingerprint density at radius 3 is 2.24 bits per heavy atom. The number of carbonyl (C=O) groups is 2. The minimum Gasteiger partial charge on any atom is -0.493 e. The maximum absolute atomic E-state index is 12.1.